The third kappa shape index (κ3) is 6.14. The zero-order chi connectivity index (χ0) is 23.9. The molecule has 7 nitrogen and oxygen atoms in total. The van der Waals surface area contributed by atoms with Gasteiger partial charge in [-0.3, -0.25) is 4.79 Å². The number of amides is 1. The average Bonchev–Trinajstić information content (AvgIpc) is 2.84. The lowest BCUT2D eigenvalue weighted by atomic mass is 10.2. The first-order chi connectivity index (χ1) is 16.5. The number of fused-ring (bicyclic) bond motifs is 1. The van der Waals surface area contributed by atoms with Gasteiger partial charge in [0, 0.05) is 24.0 Å². The number of rotatable bonds is 9. The maximum absolute atomic E-state index is 12.4. The molecule has 2 N–H and O–H groups in total. The lowest BCUT2D eigenvalue weighted by molar-refractivity contribution is -0.118. The molecule has 0 atom stereocenters. The number of ether oxygens (including phenoxy) is 4. The fourth-order valence-electron chi connectivity index (χ4n) is 3.46. The van der Waals surface area contributed by atoms with Crippen molar-refractivity contribution >= 4 is 33.2 Å². The van der Waals surface area contributed by atoms with E-state index < -0.39 is 0 Å². The highest BCUT2D eigenvalue weighted by molar-refractivity contribution is 9.10. The topological polar surface area (TPSA) is 78.1 Å². The number of anilines is 2. The van der Waals surface area contributed by atoms with Crippen molar-refractivity contribution in [2.24, 2.45) is 0 Å². The maximum Gasteiger partial charge on any atom is 0.262 e. The first-order valence-electron chi connectivity index (χ1n) is 11.1. The molecule has 0 spiro atoms. The van der Waals surface area contributed by atoms with Crippen LogP contribution in [0.4, 0.5) is 11.4 Å². The van der Waals surface area contributed by atoms with E-state index in [0.29, 0.717) is 42.3 Å². The summed E-state index contributed by atoms with van der Waals surface area (Å²) < 4.78 is 23.6. The predicted octanol–water partition coefficient (Wildman–Crippen LogP) is 5.56. The van der Waals surface area contributed by atoms with Gasteiger partial charge in [-0.2, -0.15) is 0 Å². The summed E-state index contributed by atoms with van der Waals surface area (Å²) in [6.45, 7) is 5.91. The van der Waals surface area contributed by atoms with Gasteiger partial charge in [0.05, 0.1) is 11.1 Å². The molecule has 0 saturated carbocycles. The molecule has 4 rings (SSSR count). The number of nitrogens with one attached hydrogen (secondary N) is 2. The summed E-state index contributed by atoms with van der Waals surface area (Å²) in [7, 11) is 0. The minimum absolute atomic E-state index is 0.138. The SMILES string of the molecule is CCOc1cc(CNc2ccc3c(c2)OCCO3)cc(Br)c1OCC(=O)Nc1ccc(C)cc1. The monoisotopic (exact) mass is 526 g/mol. The lowest BCUT2D eigenvalue weighted by Crippen LogP contribution is -2.20. The molecule has 1 aliphatic heterocycles. The molecular formula is C26H27BrN2O5. The average molecular weight is 527 g/mol. The summed E-state index contributed by atoms with van der Waals surface area (Å²) in [5.41, 5.74) is 3.76. The van der Waals surface area contributed by atoms with E-state index in [2.05, 4.69) is 26.6 Å². The van der Waals surface area contributed by atoms with Crippen LogP contribution >= 0.6 is 15.9 Å². The Kier molecular flexibility index (Phi) is 7.80. The van der Waals surface area contributed by atoms with Gasteiger partial charge in [-0.15, -0.1) is 0 Å². The Hall–Kier alpha value is -3.39. The summed E-state index contributed by atoms with van der Waals surface area (Å²) >= 11 is 3.57. The molecule has 0 fully saturated rings. The molecule has 0 saturated heterocycles. The zero-order valence-corrected chi connectivity index (χ0v) is 20.7. The third-order valence-corrected chi connectivity index (χ3v) is 5.68. The number of carbonyl (C=O) groups is 1. The molecule has 34 heavy (non-hydrogen) atoms. The normalized spacial score (nSPS) is 12.1. The smallest absolute Gasteiger partial charge is 0.262 e. The molecule has 1 aliphatic rings. The van der Waals surface area contributed by atoms with Crippen molar-refractivity contribution in [1.82, 2.24) is 0 Å². The highest BCUT2D eigenvalue weighted by Crippen LogP contribution is 2.38. The van der Waals surface area contributed by atoms with E-state index in [9.17, 15) is 4.79 Å². The van der Waals surface area contributed by atoms with Crippen LogP contribution in [0.15, 0.2) is 59.1 Å². The van der Waals surface area contributed by atoms with Crippen molar-refractivity contribution < 1.29 is 23.7 Å². The Morgan fingerprint density at radius 3 is 2.47 bits per heavy atom. The molecule has 0 aromatic heterocycles. The summed E-state index contributed by atoms with van der Waals surface area (Å²) in [5, 5.41) is 6.22. The van der Waals surface area contributed by atoms with Crippen molar-refractivity contribution in [1.29, 1.82) is 0 Å². The standard InChI is InChI=1S/C26H27BrN2O5/c1-3-31-24-13-18(15-28-20-8-9-22-23(14-20)33-11-10-32-22)12-21(27)26(24)34-16-25(30)29-19-6-4-17(2)5-7-19/h4-9,12-14,28H,3,10-11,15-16H2,1-2H3,(H,29,30). The minimum atomic E-state index is -0.248. The van der Waals surface area contributed by atoms with Crippen molar-refractivity contribution in [3.05, 3.63) is 70.2 Å². The van der Waals surface area contributed by atoms with Crippen LogP contribution in [-0.4, -0.2) is 32.3 Å². The molecule has 3 aromatic rings. The third-order valence-electron chi connectivity index (χ3n) is 5.09. The summed E-state index contributed by atoms with van der Waals surface area (Å²) in [4.78, 5) is 12.4. The van der Waals surface area contributed by atoms with Crippen LogP contribution in [-0.2, 0) is 11.3 Å². The first kappa shape index (κ1) is 23.8. The second-order valence-electron chi connectivity index (χ2n) is 7.75. The van der Waals surface area contributed by atoms with Gasteiger partial charge >= 0.3 is 0 Å². The molecule has 1 heterocycles. The zero-order valence-electron chi connectivity index (χ0n) is 19.2. The van der Waals surface area contributed by atoms with Crippen LogP contribution in [0.3, 0.4) is 0 Å². The van der Waals surface area contributed by atoms with Crippen LogP contribution < -0.4 is 29.6 Å². The minimum Gasteiger partial charge on any atom is -0.490 e. The molecule has 1 amide bonds. The van der Waals surface area contributed by atoms with E-state index in [1.807, 2.05) is 68.4 Å². The Bertz CT molecular complexity index is 1150. The van der Waals surface area contributed by atoms with Gasteiger partial charge in [-0.1, -0.05) is 17.7 Å². The molecule has 0 unspecified atom stereocenters. The van der Waals surface area contributed by atoms with Crippen molar-refractivity contribution in [3.8, 4) is 23.0 Å². The Morgan fingerprint density at radius 1 is 0.971 bits per heavy atom. The van der Waals surface area contributed by atoms with Crippen LogP contribution in [0.25, 0.3) is 0 Å². The Morgan fingerprint density at radius 2 is 1.71 bits per heavy atom. The van der Waals surface area contributed by atoms with E-state index in [-0.39, 0.29) is 12.5 Å². The fourth-order valence-corrected chi connectivity index (χ4v) is 4.06. The number of carbonyl (C=O) groups excluding carboxylic acids is 1. The van der Waals surface area contributed by atoms with Crippen LogP contribution in [0.2, 0.25) is 0 Å². The van der Waals surface area contributed by atoms with E-state index in [4.69, 9.17) is 18.9 Å². The first-order valence-corrected chi connectivity index (χ1v) is 11.9. The number of halogens is 1. The predicted molar refractivity (Wildman–Crippen MR) is 135 cm³/mol. The molecule has 0 aliphatic carbocycles. The van der Waals surface area contributed by atoms with Gasteiger partial charge in [0.2, 0.25) is 0 Å². The quantitative estimate of drug-likeness (QED) is 0.380. The van der Waals surface area contributed by atoms with Crippen LogP contribution in [0.1, 0.15) is 18.1 Å². The summed E-state index contributed by atoms with van der Waals surface area (Å²) in [6, 6.07) is 17.2. The number of aryl methyl sites for hydroxylation is 1. The van der Waals surface area contributed by atoms with Crippen LogP contribution in [0, 0.1) is 6.92 Å². The molecule has 8 heteroatoms. The molecule has 0 radical (unpaired) electrons. The molecular weight excluding hydrogens is 500 g/mol. The van der Waals surface area contributed by atoms with E-state index in [1.165, 1.54) is 0 Å². The number of hydrogen-bond acceptors (Lipinski definition) is 6. The fraction of sp³-hybridized carbons (Fsp3) is 0.269. The van der Waals surface area contributed by atoms with Gasteiger partial charge in [-0.05, 0) is 71.7 Å². The largest absolute Gasteiger partial charge is 0.490 e. The highest BCUT2D eigenvalue weighted by Gasteiger charge is 2.15. The lowest BCUT2D eigenvalue weighted by Gasteiger charge is -2.19. The van der Waals surface area contributed by atoms with Gasteiger partial charge in [0.1, 0.15) is 13.2 Å². The van der Waals surface area contributed by atoms with Crippen molar-refractivity contribution in [3.63, 3.8) is 0 Å². The van der Waals surface area contributed by atoms with Gasteiger partial charge < -0.3 is 29.6 Å². The Balaban J connectivity index is 1.40. The molecule has 3 aromatic carbocycles. The number of benzene rings is 3. The van der Waals surface area contributed by atoms with Crippen LogP contribution in [0.5, 0.6) is 23.0 Å². The van der Waals surface area contributed by atoms with Gasteiger partial charge in [0.15, 0.2) is 29.6 Å². The number of hydrogen-bond donors (Lipinski definition) is 2. The maximum atomic E-state index is 12.4. The van der Waals surface area contributed by atoms with Gasteiger partial charge in [-0.25, -0.2) is 0 Å². The van der Waals surface area contributed by atoms with E-state index >= 15 is 0 Å². The van der Waals surface area contributed by atoms with E-state index in [1.54, 1.807) is 0 Å². The van der Waals surface area contributed by atoms with E-state index in [0.717, 1.165) is 34.0 Å². The summed E-state index contributed by atoms with van der Waals surface area (Å²) in [5.74, 6) is 2.30. The Labute approximate surface area is 207 Å². The van der Waals surface area contributed by atoms with Crippen molar-refractivity contribution in [2.45, 2.75) is 20.4 Å². The second kappa shape index (κ2) is 11.2. The highest BCUT2D eigenvalue weighted by atomic mass is 79.9. The molecule has 178 valence electrons. The second-order valence-corrected chi connectivity index (χ2v) is 8.61. The summed E-state index contributed by atoms with van der Waals surface area (Å²) in [6.07, 6.45) is 0. The van der Waals surface area contributed by atoms with Gasteiger partial charge in [0.25, 0.3) is 5.91 Å². The molecule has 0 bridgehead atoms. The van der Waals surface area contributed by atoms with Crippen molar-refractivity contribution in [2.75, 3.05) is 37.1 Å².